The fourth-order valence-electron chi connectivity index (χ4n) is 2.93. The zero-order chi connectivity index (χ0) is 17.3. The predicted molar refractivity (Wildman–Crippen MR) is 91.9 cm³/mol. The van der Waals surface area contributed by atoms with Gasteiger partial charge < -0.3 is 19.9 Å². The maximum atomic E-state index is 12.5. The van der Waals surface area contributed by atoms with Crippen LogP contribution in [0, 0.1) is 12.8 Å². The highest BCUT2D eigenvalue weighted by Crippen LogP contribution is 2.51. The van der Waals surface area contributed by atoms with Gasteiger partial charge in [-0.25, -0.2) is 0 Å². The van der Waals surface area contributed by atoms with E-state index in [9.17, 15) is 9.90 Å². The van der Waals surface area contributed by atoms with Crippen molar-refractivity contribution in [2.45, 2.75) is 19.3 Å². The number of carbonyl (C=O) groups excluding carboxylic acids is 1. The molecule has 5 nitrogen and oxygen atoms in total. The molecule has 0 saturated heterocycles. The average Bonchev–Trinajstić information content (AvgIpc) is 3.38. The molecule has 2 atom stereocenters. The van der Waals surface area contributed by atoms with Gasteiger partial charge in [0.25, 0.3) is 0 Å². The first-order valence-electron chi connectivity index (χ1n) is 7.86. The molecule has 0 heterocycles. The SMILES string of the molecule is COc1ccc(OC)c([C@@H]2C[C@H]2C(=O)Nc2cc(C)ccc2O)c1. The van der Waals surface area contributed by atoms with E-state index in [-0.39, 0.29) is 23.5 Å². The van der Waals surface area contributed by atoms with Crippen molar-refractivity contribution in [3.05, 3.63) is 47.5 Å². The largest absolute Gasteiger partial charge is 0.506 e. The summed E-state index contributed by atoms with van der Waals surface area (Å²) in [5, 5.41) is 12.7. The number of aromatic hydroxyl groups is 1. The van der Waals surface area contributed by atoms with Crippen LogP contribution >= 0.6 is 0 Å². The normalized spacial score (nSPS) is 18.8. The minimum absolute atomic E-state index is 0.0742. The van der Waals surface area contributed by atoms with E-state index in [0.717, 1.165) is 29.0 Å². The summed E-state index contributed by atoms with van der Waals surface area (Å²) < 4.78 is 10.7. The van der Waals surface area contributed by atoms with Gasteiger partial charge in [-0.3, -0.25) is 4.79 Å². The maximum absolute atomic E-state index is 12.5. The van der Waals surface area contributed by atoms with Crippen LogP contribution in [0.2, 0.25) is 0 Å². The molecule has 0 unspecified atom stereocenters. The number of carbonyl (C=O) groups is 1. The van der Waals surface area contributed by atoms with E-state index in [0.29, 0.717) is 5.69 Å². The molecule has 1 amide bonds. The second-order valence-corrected chi connectivity index (χ2v) is 6.07. The van der Waals surface area contributed by atoms with Crippen LogP contribution in [0.1, 0.15) is 23.5 Å². The van der Waals surface area contributed by atoms with Gasteiger partial charge in [0.2, 0.25) is 5.91 Å². The third-order valence-electron chi connectivity index (χ3n) is 4.37. The molecule has 1 fully saturated rings. The summed E-state index contributed by atoms with van der Waals surface area (Å²) >= 11 is 0. The number of benzene rings is 2. The van der Waals surface area contributed by atoms with Crippen molar-refractivity contribution in [3.8, 4) is 17.2 Å². The second kappa shape index (κ2) is 6.43. The lowest BCUT2D eigenvalue weighted by molar-refractivity contribution is -0.117. The number of anilines is 1. The van der Waals surface area contributed by atoms with E-state index in [1.54, 1.807) is 32.4 Å². The molecule has 24 heavy (non-hydrogen) atoms. The van der Waals surface area contributed by atoms with Gasteiger partial charge in [-0.2, -0.15) is 0 Å². The summed E-state index contributed by atoms with van der Waals surface area (Å²) in [5.41, 5.74) is 2.40. The minimum Gasteiger partial charge on any atom is -0.506 e. The van der Waals surface area contributed by atoms with E-state index < -0.39 is 0 Å². The highest BCUT2D eigenvalue weighted by atomic mass is 16.5. The topological polar surface area (TPSA) is 67.8 Å². The van der Waals surface area contributed by atoms with Crippen molar-refractivity contribution in [1.29, 1.82) is 0 Å². The maximum Gasteiger partial charge on any atom is 0.228 e. The van der Waals surface area contributed by atoms with Gasteiger partial charge in [-0.1, -0.05) is 6.07 Å². The van der Waals surface area contributed by atoms with E-state index >= 15 is 0 Å². The summed E-state index contributed by atoms with van der Waals surface area (Å²) in [4.78, 5) is 12.5. The zero-order valence-electron chi connectivity index (χ0n) is 14.0. The van der Waals surface area contributed by atoms with Gasteiger partial charge in [0.05, 0.1) is 19.9 Å². The number of rotatable bonds is 5. The zero-order valence-corrected chi connectivity index (χ0v) is 14.0. The van der Waals surface area contributed by atoms with Crippen molar-refractivity contribution < 1.29 is 19.4 Å². The Hall–Kier alpha value is -2.69. The third-order valence-corrected chi connectivity index (χ3v) is 4.37. The van der Waals surface area contributed by atoms with E-state index in [1.165, 1.54) is 0 Å². The van der Waals surface area contributed by atoms with Crippen LogP contribution in [0.5, 0.6) is 17.2 Å². The van der Waals surface area contributed by atoms with Gasteiger partial charge in [-0.15, -0.1) is 0 Å². The van der Waals surface area contributed by atoms with Crippen molar-refractivity contribution in [1.82, 2.24) is 0 Å². The molecule has 2 N–H and O–H groups in total. The van der Waals surface area contributed by atoms with Crippen molar-refractivity contribution in [3.63, 3.8) is 0 Å². The molecule has 2 aromatic carbocycles. The first-order chi connectivity index (χ1) is 11.5. The molecular formula is C19H21NO4. The first-order valence-corrected chi connectivity index (χ1v) is 7.86. The molecule has 1 aliphatic rings. The van der Waals surface area contributed by atoms with E-state index in [4.69, 9.17) is 9.47 Å². The predicted octanol–water partition coefficient (Wildman–Crippen LogP) is 3.46. The number of nitrogens with one attached hydrogen (secondary N) is 1. The van der Waals surface area contributed by atoms with Gasteiger partial charge in [0, 0.05) is 17.4 Å². The molecule has 126 valence electrons. The Kier molecular flexibility index (Phi) is 4.34. The number of hydrogen-bond donors (Lipinski definition) is 2. The molecule has 5 heteroatoms. The van der Waals surface area contributed by atoms with Crippen LogP contribution < -0.4 is 14.8 Å². The number of phenolic OH excluding ortho intramolecular Hbond substituents is 1. The van der Waals surface area contributed by atoms with Crippen LogP contribution in [0.25, 0.3) is 0 Å². The lowest BCUT2D eigenvalue weighted by Crippen LogP contribution is -2.15. The lowest BCUT2D eigenvalue weighted by Gasteiger charge is -2.11. The van der Waals surface area contributed by atoms with E-state index in [1.807, 2.05) is 25.1 Å². The summed E-state index contributed by atoms with van der Waals surface area (Å²) in [6.07, 6.45) is 0.752. The molecule has 0 aromatic heterocycles. The van der Waals surface area contributed by atoms with E-state index in [2.05, 4.69) is 5.32 Å². The average molecular weight is 327 g/mol. The van der Waals surface area contributed by atoms with Crippen LogP contribution in [0.3, 0.4) is 0 Å². The molecule has 2 aromatic rings. The van der Waals surface area contributed by atoms with Gasteiger partial charge in [-0.05, 0) is 49.2 Å². The number of amides is 1. The van der Waals surface area contributed by atoms with Crippen molar-refractivity contribution >= 4 is 11.6 Å². The number of aryl methyl sites for hydroxylation is 1. The van der Waals surface area contributed by atoms with Crippen molar-refractivity contribution in [2.24, 2.45) is 5.92 Å². The smallest absolute Gasteiger partial charge is 0.228 e. The minimum atomic E-state index is -0.133. The number of hydrogen-bond acceptors (Lipinski definition) is 4. The molecule has 0 spiro atoms. The van der Waals surface area contributed by atoms with Gasteiger partial charge >= 0.3 is 0 Å². The third kappa shape index (κ3) is 3.15. The Morgan fingerprint density at radius 3 is 2.67 bits per heavy atom. The Morgan fingerprint density at radius 2 is 1.96 bits per heavy atom. The fraction of sp³-hybridized carbons (Fsp3) is 0.316. The summed E-state index contributed by atoms with van der Waals surface area (Å²) in [6, 6.07) is 10.8. The summed E-state index contributed by atoms with van der Waals surface area (Å²) in [6.45, 7) is 1.91. The lowest BCUT2D eigenvalue weighted by atomic mass is 10.1. The summed E-state index contributed by atoms with van der Waals surface area (Å²) in [5.74, 6) is 1.45. The Labute approximate surface area is 141 Å². The monoisotopic (exact) mass is 327 g/mol. The van der Waals surface area contributed by atoms with Crippen LogP contribution in [-0.4, -0.2) is 25.2 Å². The molecule has 1 aliphatic carbocycles. The Morgan fingerprint density at radius 1 is 1.17 bits per heavy atom. The standard InChI is InChI=1S/C19H21NO4/c1-11-4-6-17(21)16(8-11)20-19(22)15-10-13(15)14-9-12(23-2)5-7-18(14)24-3/h4-9,13,15,21H,10H2,1-3H3,(H,20,22)/t13-,15+/m0/s1. The summed E-state index contributed by atoms with van der Waals surface area (Å²) in [7, 11) is 3.23. The van der Waals surface area contributed by atoms with Crippen LogP contribution in [-0.2, 0) is 4.79 Å². The molecular weight excluding hydrogens is 306 g/mol. The Bertz CT molecular complexity index is 772. The number of phenols is 1. The number of methoxy groups -OCH3 is 2. The van der Waals surface area contributed by atoms with Gasteiger partial charge in [0.15, 0.2) is 0 Å². The number of ether oxygens (including phenoxy) is 2. The van der Waals surface area contributed by atoms with Crippen molar-refractivity contribution in [2.75, 3.05) is 19.5 Å². The highest BCUT2D eigenvalue weighted by molar-refractivity contribution is 5.96. The fourth-order valence-corrected chi connectivity index (χ4v) is 2.93. The first kappa shape index (κ1) is 16.2. The molecule has 0 radical (unpaired) electrons. The molecule has 1 saturated carbocycles. The van der Waals surface area contributed by atoms with Gasteiger partial charge in [0.1, 0.15) is 17.2 Å². The molecule has 3 rings (SSSR count). The molecule has 0 aliphatic heterocycles. The Balaban J connectivity index is 1.75. The van der Waals surface area contributed by atoms with Crippen LogP contribution in [0.15, 0.2) is 36.4 Å². The second-order valence-electron chi connectivity index (χ2n) is 6.07. The molecule has 0 bridgehead atoms. The quantitative estimate of drug-likeness (QED) is 0.825. The van der Waals surface area contributed by atoms with Crippen LogP contribution in [0.4, 0.5) is 5.69 Å². The highest BCUT2D eigenvalue weighted by Gasteiger charge is 2.45.